The van der Waals surface area contributed by atoms with Crippen LogP contribution in [0.1, 0.15) is 70.4 Å². The van der Waals surface area contributed by atoms with Gasteiger partial charge in [-0.05, 0) is 53.7 Å². The fourth-order valence-electron chi connectivity index (χ4n) is 3.52. The molecule has 1 unspecified atom stereocenters. The van der Waals surface area contributed by atoms with Crippen LogP contribution in [0.3, 0.4) is 0 Å². The molecule has 0 aliphatic heterocycles. The predicted octanol–water partition coefficient (Wildman–Crippen LogP) is 4.85. The Morgan fingerprint density at radius 2 is 1.60 bits per heavy atom. The molecule has 0 amide bonds. The van der Waals surface area contributed by atoms with Crippen LogP contribution in [0.15, 0.2) is 24.3 Å². The second-order valence-corrected chi connectivity index (χ2v) is 7.73. The lowest BCUT2D eigenvalue weighted by Gasteiger charge is -2.32. The summed E-state index contributed by atoms with van der Waals surface area (Å²) in [4.78, 5) is 0. The van der Waals surface area contributed by atoms with Crippen molar-refractivity contribution in [3.05, 3.63) is 35.4 Å². The molecule has 1 heteroatoms. The van der Waals surface area contributed by atoms with Crippen LogP contribution < -0.4 is 5.73 Å². The summed E-state index contributed by atoms with van der Waals surface area (Å²) in [6.45, 7) is 9.97. The van der Waals surface area contributed by atoms with Gasteiger partial charge in [-0.15, -0.1) is 0 Å². The average molecular weight is 273 g/mol. The minimum absolute atomic E-state index is 0.233. The summed E-state index contributed by atoms with van der Waals surface area (Å²) in [5.41, 5.74) is 9.18. The summed E-state index contributed by atoms with van der Waals surface area (Å²) in [7, 11) is 0. The highest BCUT2D eigenvalue weighted by atomic mass is 14.6. The summed E-state index contributed by atoms with van der Waals surface area (Å²) in [6.07, 6.45) is 5.45. The molecule has 1 atom stereocenters. The molecule has 0 spiro atoms. The maximum absolute atomic E-state index is 6.09. The summed E-state index contributed by atoms with van der Waals surface area (Å²) >= 11 is 0. The van der Waals surface area contributed by atoms with Gasteiger partial charge in [-0.2, -0.15) is 0 Å². The van der Waals surface area contributed by atoms with Crippen LogP contribution in [-0.4, -0.2) is 6.54 Å². The third-order valence-corrected chi connectivity index (χ3v) is 5.09. The van der Waals surface area contributed by atoms with Gasteiger partial charge in [0.2, 0.25) is 0 Å². The van der Waals surface area contributed by atoms with Crippen LogP contribution in [0.5, 0.6) is 0 Å². The van der Waals surface area contributed by atoms with Gasteiger partial charge < -0.3 is 5.73 Å². The monoisotopic (exact) mass is 273 g/mol. The van der Waals surface area contributed by atoms with Crippen molar-refractivity contribution in [2.75, 3.05) is 6.54 Å². The third kappa shape index (κ3) is 3.63. The molecule has 1 fully saturated rings. The zero-order valence-corrected chi connectivity index (χ0v) is 13.7. The van der Waals surface area contributed by atoms with E-state index in [2.05, 4.69) is 52.0 Å². The molecule has 2 N–H and O–H groups in total. The molecule has 0 bridgehead atoms. The average Bonchev–Trinajstić information content (AvgIpc) is 2.41. The Morgan fingerprint density at radius 1 is 1.05 bits per heavy atom. The van der Waals surface area contributed by atoms with E-state index in [-0.39, 0.29) is 5.41 Å². The van der Waals surface area contributed by atoms with Crippen LogP contribution in [0, 0.1) is 11.8 Å². The van der Waals surface area contributed by atoms with Gasteiger partial charge in [0.25, 0.3) is 0 Å². The van der Waals surface area contributed by atoms with E-state index in [0.29, 0.717) is 5.92 Å². The maximum atomic E-state index is 6.09. The smallest absolute Gasteiger partial charge is 0.000556 e. The van der Waals surface area contributed by atoms with Gasteiger partial charge in [-0.25, -0.2) is 0 Å². The van der Waals surface area contributed by atoms with Gasteiger partial charge in [0.1, 0.15) is 0 Å². The van der Waals surface area contributed by atoms with Gasteiger partial charge in [0.15, 0.2) is 0 Å². The first-order valence-electron chi connectivity index (χ1n) is 8.22. The van der Waals surface area contributed by atoms with E-state index in [1.165, 1.54) is 36.8 Å². The molecule has 0 aromatic heterocycles. The molecule has 2 rings (SSSR count). The Bertz CT molecular complexity index is 404. The summed E-state index contributed by atoms with van der Waals surface area (Å²) in [5.74, 6) is 2.25. The summed E-state index contributed by atoms with van der Waals surface area (Å²) in [6, 6.07) is 9.22. The number of hydrogen-bond acceptors (Lipinski definition) is 1. The topological polar surface area (TPSA) is 26.0 Å². The van der Waals surface area contributed by atoms with E-state index < -0.39 is 0 Å². The number of benzene rings is 1. The van der Waals surface area contributed by atoms with Crippen LogP contribution >= 0.6 is 0 Å². The lowest BCUT2D eigenvalue weighted by molar-refractivity contribution is 0.256. The summed E-state index contributed by atoms with van der Waals surface area (Å²) < 4.78 is 0. The molecule has 0 heterocycles. The molecular formula is C19H31N. The zero-order chi connectivity index (χ0) is 14.8. The fourth-order valence-corrected chi connectivity index (χ4v) is 3.52. The highest BCUT2D eigenvalue weighted by molar-refractivity contribution is 5.30. The van der Waals surface area contributed by atoms with Gasteiger partial charge in [0.05, 0.1) is 0 Å². The molecule has 20 heavy (non-hydrogen) atoms. The lowest BCUT2D eigenvalue weighted by atomic mass is 9.73. The standard InChI is InChI=1S/C19H31N/c1-14-5-7-15(8-6-14)18(13-20)16-9-11-17(12-10-16)19(2,3)4/h9-12,14-15,18H,5-8,13,20H2,1-4H3. The third-order valence-electron chi connectivity index (χ3n) is 5.09. The molecule has 0 saturated heterocycles. The molecular weight excluding hydrogens is 242 g/mol. The quantitative estimate of drug-likeness (QED) is 0.837. The normalized spacial score (nSPS) is 25.4. The Balaban J connectivity index is 2.11. The Labute approximate surface area is 125 Å². The largest absolute Gasteiger partial charge is 0.330 e. The van der Waals surface area contributed by atoms with E-state index in [1.54, 1.807) is 0 Å². The Kier molecular flexibility index (Phi) is 4.90. The van der Waals surface area contributed by atoms with Crippen LogP contribution in [0.25, 0.3) is 0 Å². The fraction of sp³-hybridized carbons (Fsp3) is 0.684. The van der Waals surface area contributed by atoms with Crippen molar-refractivity contribution < 1.29 is 0 Å². The SMILES string of the molecule is CC1CCC(C(CN)c2ccc(C(C)(C)C)cc2)CC1. The molecule has 112 valence electrons. The van der Waals surface area contributed by atoms with Crippen LogP contribution in [0.2, 0.25) is 0 Å². The van der Waals surface area contributed by atoms with Crippen molar-refractivity contribution in [1.82, 2.24) is 0 Å². The van der Waals surface area contributed by atoms with E-state index in [0.717, 1.165) is 18.4 Å². The number of hydrogen-bond donors (Lipinski definition) is 1. The van der Waals surface area contributed by atoms with Crippen molar-refractivity contribution >= 4 is 0 Å². The van der Waals surface area contributed by atoms with Crippen LogP contribution in [0.4, 0.5) is 0 Å². The Hall–Kier alpha value is -0.820. The van der Waals surface area contributed by atoms with Gasteiger partial charge in [0, 0.05) is 0 Å². The van der Waals surface area contributed by atoms with Crippen molar-refractivity contribution in [2.24, 2.45) is 17.6 Å². The molecule has 1 aliphatic carbocycles. The first-order chi connectivity index (χ1) is 9.41. The molecule has 0 radical (unpaired) electrons. The first-order valence-corrected chi connectivity index (χ1v) is 8.22. The number of rotatable bonds is 3. The van der Waals surface area contributed by atoms with Crippen molar-refractivity contribution in [2.45, 2.75) is 64.7 Å². The van der Waals surface area contributed by atoms with Crippen molar-refractivity contribution in [3.8, 4) is 0 Å². The van der Waals surface area contributed by atoms with E-state index in [4.69, 9.17) is 5.73 Å². The number of nitrogens with two attached hydrogens (primary N) is 1. The van der Waals surface area contributed by atoms with Gasteiger partial charge in [-0.3, -0.25) is 0 Å². The zero-order valence-electron chi connectivity index (χ0n) is 13.7. The molecule has 1 aromatic rings. The van der Waals surface area contributed by atoms with Gasteiger partial charge >= 0.3 is 0 Å². The van der Waals surface area contributed by atoms with E-state index in [9.17, 15) is 0 Å². The van der Waals surface area contributed by atoms with Gasteiger partial charge in [-0.1, -0.05) is 64.8 Å². The predicted molar refractivity (Wildman–Crippen MR) is 88.1 cm³/mol. The Morgan fingerprint density at radius 3 is 2.05 bits per heavy atom. The van der Waals surface area contributed by atoms with Crippen molar-refractivity contribution in [1.29, 1.82) is 0 Å². The maximum Gasteiger partial charge on any atom is -0.000556 e. The molecule has 1 aliphatic rings. The molecule has 1 nitrogen and oxygen atoms in total. The minimum Gasteiger partial charge on any atom is -0.330 e. The highest BCUT2D eigenvalue weighted by Crippen LogP contribution is 2.38. The lowest BCUT2D eigenvalue weighted by Crippen LogP contribution is -2.25. The second kappa shape index (κ2) is 6.30. The van der Waals surface area contributed by atoms with Crippen molar-refractivity contribution in [3.63, 3.8) is 0 Å². The summed E-state index contributed by atoms with van der Waals surface area (Å²) in [5, 5.41) is 0. The second-order valence-electron chi connectivity index (χ2n) is 7.73. The first kappa shape index (κ1) is 15.6. The minimum atomic E-state index is 0.233. The molecule has 1 saturated carbocycles. The molecule has 1 aromatic carbocycles. The van der Waals surface area contributed by atoms with E-state index >= 15 is 0 Å². The van der Waals surface area contributed by atoms with E-state index in [1.807, 2.05) is 0 Å². The highest BCUT2D eigenvalue weighted by Gasteiger charge is 2.26. The van der Waals surface area contributed by atoms with Crippen LogP contribution in [-0.2, 0) is 5.41 Å².